The molecule has 0 bridgehead atoms. The summed E-state index contributed by atoms with van der Waals surface area (Å²) in [4.78, 5) is 34.6. The van der Waals surface area contributed by atoms with Crippen LogP contribution in [0.5, 0.6) is 0 Å². The van der Waals surface area contributed by atoms with Crippen molar-refractivity contribution in [3.8, 4) is 0 Å². The Morgan fingerprint density at radius 2 is 1.82 bits per heavy atom. The molecule has 17 heavy (non-hydrogen) atoms. The van der Waals surface area contributed by atoms with E-state index in [0.29, 0.717) is 0 Å². The van der Waals surface area contributed by atoms with Gasteiger partial charge in [0.25, 0.3) is 0 Å². The zero-order valence-corrected chi connectivity index (χ0v) is 8.64. The second kappa shape index (κ2) is 3.97. The molecule has 1 fully saturated rings. The first-order valence-corrected chi connectivity index (χ1v) is 4.89. The van der Waals surface area contributed by atoms with Gasteiger partial charge >= 0.3 is 5.97 Å². The highest BCUT2D eigenvalue weighted by molar-refractivity contribution is 6.21. The zero-order valence-electron chi connectivity index (χ0n) is 8.64. The first-order chi connectivity index (χ1) is 8.00. The number of carbonyl (C=O) groups is 3. The van der Waals surface area contributed by atoms with Crippen LogP contribution in [0.25, 0.3) is 0 Å². The van der Waals surface area contributed by atoms with Gasteiger partial charge in [-0.05, 0) is 18.2 Å². The number of carbonyl (C=O) groups excluding carboxylic acids is 2. The number of amides is 2. The molecule has 1 N–H and O–H groups in total. The van der Waals surface area contributed by atoms with Crippen molar-refractivity contribution in [2.75, 3.05) is 4.90 Å². The number of carboxylic acid groups (broad SMARTS) is 1. The summed E-state index contributed by atoms with van der Waals surface area (Å²) in [5, 5.41) is 8.92. The number of rotatable bonds is 2. The molecule has 5 nitrogen and oxygen atoms in total. The summed E-state index contributed by atoms with van der Waals surface area (Å²) in [5.41, 5.74) is -0.472. The van der Waals surface area contributed by atoms with Gasteiger partial charge in [0.05, 0.1) is 11.3 Å². The average Bonchev–Trinajstić information content (AvgIpc) is 2.58. The number of halogens is 1. The number of hydrogen-bond acceptors (Lipinski definition) is 3. The Morgan fingerprint density at radius 1 is 1.24 bits per heavy atom. The van der Waals surface area contributed by atoms with E-state index in [0.717, 1.165) is 23.1 Å². The van der Waals surface area contributed by atoms with E-state index in [2.05, 4.69) is 0 Å². The first-order valence-electron chi connectivity index (χ1n) is 4.89. The molecular weight excluding hydrogens is 228 g/mol. The summed E-state index contributed by atoms with van der Waals surface area (Å²) < 4.78 is 13.1. The molecule has 1 saturated heterocycles. The fourth-order valence-electron chi connectivity index (χ4n) is 1.72. The van der Waals surface area contributed by atoms with Crippen LogP contribution in [0, 0.1) is 5.82 Å². The molecular formula is C11H8FNO4. The first kappa shape index (κ1) is 11.3. The Balaban J connectivity index is 2.57. The number of carboxylic acids is 1. The molecule has 1 aromatic rings. The van der Waals surface area contributed by atoms with E-state index in [1.165, 1.54) is 0 Å². The van der Waals surface area contributed by atoms with Gasteiger partial charge < -0.3 is 5.11 Å². The van der Waals surface area contributed by atoms with Gasteiger partial charge in [0.1, 0.15) is 5.82 Å². The molecule has 1 aliphatic rings. The molecule has 1 aromatic carbocycles. The minimum absolute atomic E-state index is 0.0222. The van der Waals surface area contributed by atoms with Gasteiger partial charge in [-0.1, -0.05) is 0 Å². The van der Waals surface area contributed by atoms with E-state index in [9.17, 15) is 18.8 Å². The molecule has 0 unspecified atom stereocenters. The lowest BCUT2D eigenvalue weighted by Crippen LogP contribution is -2.30. The summed E-state index contributed by atoms with van der Waals surface area (Å²) >= 11 is 0. The van der Waals surface area contributed by atoms with E-state index in [1.54, 1.807) is 0 Å². The number of benzene rings is 1. The fraction of sp³-hybridized carbons (Fsp3) is 0.182. The third kappa shape index (κ3) is 1.89. The van der Waals surface area contributed by atoms with E-state index in [4.69, 9.17) is 5.11 Å². The molecule has 0 saturated carbocycles. The van der Waals surface area contributed by atoms with Crippen LogP contribution in [0.2, 0.25) is 0 Å². The third-order valence-corrected chi connectivity index (χ3v) is 2.48. The van der Waals surface area contributed by atoms with E-state index in [1.807, 2.05) is 0 Å². The largest absolute Gasteiger partial charge is 0.478 e. The lowest BCUT2D eigenvalue weighted by Gasteiger charge is -2.16. The normalized spacial score (nSPS) is 15.5. The zero-order chi connectivity index (χ0) is 12.6. The van der Waals surface area contributed by atoms with Gasteiger partial charge in [-0.3, -0.25) is 9.59 Å². The smallest absolute Gasteiger partial charge is 0.337 e. The van der Waals surface area contributed by atoms with Crippen LogP contribution in [-0.4, -0.2) is 22.9 Å². The minimum Gasteiger partial charge on any atom is -0.478 e. The van der Waals surface area contributed by atoms with Gasteiger partial charge in [-0.15, -0.1) is 0 Å². The predicted molar refractivity (Wildman–Crippen MR) is 55.1 cm³/mol. The van der Waals surface area contributed by atoms with Crippen LogP contribution >= 0.6 is 0 Å². The maximum atomic E-state index is 13.1. The number of nitrogens with zero attached hydrogens (tertiary/aromatic N) is 1. The van der Waals surface area contributed by atoms with Gasteiger partial charge in [0.15, 0.2) is 0 Å². The fourth-order valence-corrected chi connectivity index (χ4v) is 1.72. The van der Waals surface area contributed by atoms with Crippen LogP contribution in [-0.2, 0) is 9.59 Å². The van der Waals surface area contributed by atoms with Crippen LogP contribution in [0.4, 0.5) is 10.1 Å². The van der Waals surface area contributed by atoms with Crippen LogP contribution in [0.3, 0.4) is 0 Å². The quantitative estimate of drug-likeness (QED) is 0.782. The summed E-state index contributed by atoms with van der Waals surface area (Å²) in [6.07, 6.45) is 0.0445. The number of hydrogen-bond donors (Lipinski definition) is 1. The second-order valence-electron chi connectivity index (χ2n) is 3.59. The van der Waals surface area contributed by atoms with Crippen LogP contribution in [0.15, 0.2) is 18.2 Å². The van der Waals surface area contributed by atoms with E-state index < -0.39 is 23.6 Å². The van der Waals surface area contributed by atoms with Crippen molar-refractivity contribution in [2.24, 2.45) is 0 Å². The molecule has 0 spiro atoms. The highest BCUT2D eigenvalue weighted by Gasteiger charge is 2.33. The van der Waals surface area contributed by atoms with Crippen molar-refractivity contribution >= 4 is 23.5 Å². The maximum absolute atomic E-state index is 13.1. The SMILES string of the molecule is O=C(O)c1ccc([18F])cc1N1C(=O)CCC1=O. The van der Waals surface area contributed by atoms with Gasteiger partial charge in [0, 0.05) is 12.8 Å². The molecule has 0 aromatic heterocycles. The molecule has 6 heteroatoms. The highest BCUT2D eigenvalue weighted by atomic mass is 18.2. The monoisotopic (exact) mass is 236 g/mol. The topological polar surface area (TPSA) is 74.7 Å². The van der Waals surface area contributed by atoms with E-state index >= 15 is 0 Å². The summed E-state index contributed by atoms with van der Waals surface area (Å²) in [6, 6.07) is 2.88. The Kier molecular flexibility index (Phi) is 2.63. The Hall–Kier alpha value is -2.24. The predicted octanol–water partition coefficient (Wildman–Crippen LogP) is 1.18. The molecule has 0 atom stereocenters. The Bertz CT molecular complexity index is 510. The van der Waals surface area contributed by atoms with Crippen molar-refractivity contribution < 1.29 is 23.9 Å². The van der Waals surface area contributed by atoms with Crippen LogP contribution < -0.4 is 4.90 Å². The van der Waals surface area contributed by atoms with E-state index in [-0.39, 0.29) is 24.1 Å². The Labute approximate surface area is 95.5 Å². The summed E-state index contributed by atoms with van der Waals surface area (Å²) in [5.74, 6) is -3.03. The molecule has 2 amide bonds. The lowest BCUT2D eigenvalue weighted by atomic mass is 10.1. The summed E-state index contributed by atoms with van der Waals surface area (Å²) in [7, 11) is 0. The molecule has 88 valence electrons. The minimum atomic E-state index is -1.31. The van der Waals surface area contributed by atoms with Gasteiger partial charge in [0.2, 0.25) is 11.8 Å². The van der Waals surface area contributed by atoms with Gasteiger partial charge in [-0.25, -0.2) is 14.1 Å². The average molecular weight is 236 g/mol. The lowest BCUT2D eigenvalue weighted by molar-refractivity contribution is -0.121. The molecule has 0 radical (unpaired) electrons. The summed E-state index contributed by atoms with van der Waals surface area (Å²) in [6.45, 7) is 0. The van der Waals surface area contributed by atoms with Crippen LogP contribution in [0.1, 0.15) is 23.2 Å². The van der Waals surface area contributed by atoms with Crippen molar-refractivity contribution in [1.29, 1.82) is 0 Å². The molecule has 0 aliphatic carbocycles. The molecule has 2 rings (SSSR count). The standard InChI is InChI=1S/C11H8FNO4/c12-6-1-2-7(11(16)17)8(5-6)13-9(14)3-4-10(13)15/h1-2,5H,3-4H2,(H,16,17)/i12-1. The maximum Gasteiger partial charge on any atom is 0.337 e. The van der Waals surface area contributed by atoms with Gasteiger partial charge in [-0.2, -0.15) is 0 Å². The van der Waals surface area contributed by atoms with Crippen molar-refractivity contribution in [1.82, 2.24) is 0 Å². The molecule has 1 aliphatic heterocycles. The van der Waals surface area contributed by atoms with Crippen molar-refractivity contribution in [3.05, 3.63) is 29.6 Å². The number of aromatic carboxylic acids is 1. The number of imide groups is 1. The second-order valence-corrected chi connectivity index (χ2v) is 3.59. The number of anilines is 1. The van der Waals surface area contributed by atoms with Crippen molar-refractivity contribution in [2.45, 2.75) is 12.8 Å². The van der Waals surface area contributed by atoms with Crippen molar-refractivity contribution in [3.63, 3.8) is 0 Å². The molecule has 1 heterocycles. The third-order valence-electron chi connectivity index (χ3n) is 2.48. The Morgan fingerprint density at radius 3 is 2.35 bits per heavy atom. The highest BCUT2D eigenvalue weighted by Crippen LogP contribution is 2.27.